The molecule has 1 aromatic heterocycles. The van der Waals surface area contributed by atoms with Crippen LogP contribution in [-0.4, -0.2) is 24.1 Å². The highest BCUT2D eigenvalue weighted by Crippen LogP contribution is 2.15. The number of benzene rings is 2. The van der Waals surface area contributed by atoms with Crippen LogP contribution in [-0.2, 0) is 4.79 Å². The summed E-state index contributed by atoms with van der Waals surface area (Å²) in [5, 5.41) is 5.11. The largest absolute Gasteiger partial charge is 0.459 e. The normalized spacial score (nSPS) is 10.2. The summed E-state index contributed by atoms with van der Waals surface area (Å²) in [4.78, 5) is 36.2. The molecule has 2 amide bonds. The summed E-state index contributed by atoms with van der Waals surface area (Å²) >= 11 is 0. The van der Waals surface area contributed by atoms with Crippen molar-refractivity contribution in [3.63, 3.8) is 0 Å². The van der Waals surface area contributed by atoms with Crippen molar-refractivity contribution in [1.82, 2.24) is 5.32 Å². The zero-order valence-corrected chi connectivity index (χ0v) is 13.8. The maximum atomic E-state index is 12.5. The number of rotatable bonds is 6. The van der Waals surface area contributed by atoms with Crippen molar-refractivity contribution in [3.05, 3.63) is 89.9 Å². The van der Waals surface area contributed by atoms with Crippen molar-refractivity contribution in [1.29, 1.82) is 0 Å². The van der Waals surface area contributed by atoms with Gasteiger partial charge in [-0.1, -0.05) is 42.5 Å². The standard InChI is InChI=1S/C20H16N2O4/c23-18(13-21-20(25)17-10-5-11-26-17)22-16-9-4-8-15(12-16)19(24)14-6-2-1-3-7-14/h1-12H,13H2,(H,21,25)(H,22,23). The lowest BCUT2D eigenvalue weighted by atomic mass is 10.0. The molecule has 3 rings (SSSR count). The van der Waals surface area contributed by atoms with E-state index < -0.39 is 11.8 Å². The molecule has 26 heavy (non-hydrogen) atoms. The second kappa shape index (κ2) is 7.94. The first-order valence-electron chi connectivity index (χ1n) is 7.95. The van der Waals surface area contributed by atoms with Crippen LogP contribution in [0.2, 0.25) is 0 Å². The van der Waals surface area contributed by atoms with Crippen molar-refractivity contribution in [2.75, 3.05) is 11.9 Å². The van der Waals surface area contributed by atoms with E-state index in [4.69, 9.17) is 4.42 Å². The van der Waals surface area contributed by atoms with Crippen LogP contribution in [0.5, 0.6) is 0 Å². The number of anilines is 1. The summed E-state index contributed by atoms with van der Waals surface area (Å²) in [5.41, 5.74) is 1.51. The van der Waals surface area contributed by atoms with Gasteiger partial charge in [0.2, 0.25) is 5.91 Å². The molecule has 1 heterocycles. The van der Waals surface area contributed by atoms with Crippen LogP contribution in [0, 0.1) is 0 Å². The third-order valence-electron chi connectivity index (χ3n) is 3.60. The van der Waals surface area contributed by atoms with Crippen molar-refractivity contribution >= 4 is 23.3 Å². The van der Waals surface area contributed by atoms with E-state index in [1.165, 1.54) is 12.3 Å². The number of carbonyl (C=O) groups is 3. The monoisotopic (exact) mass is 348 g/mol. The van der Waals surface area contributed by atoms with Crippen LogP contribution >= 0.6 is 0 Å². The predicted molar refractivity (Wildman–Crippen MR) is 96.0 cm³/mol. The van der Waals surface area contributed by atoms with Crippen molar-refractivity contribution in [2.45, 2.75) is 0 Å². The minimum absolute atomic E-state index is 0.132. The number of carbonyl (C=O) groups excluding carboxylic acids is 3. The molecular formula is C20H16N2O4. The molecule has 0 fully saturated rings. The Labute approximate surface area is 149 Å². The van der Waals surface area contributed by atoms with E-state index in [0.29, 0.717) is 16.8 Å². The molecule has 0 bridgehead atoms. The van der Waals surface area contributed by atoms with Gasteiger partial charge in [0, 0.05) is 16.8 Å². The number of nitrogens with one attached hydrogen (secondary N) is 2. The molecule has 130 valence electrons. The molecule has 0 spiro atoms. The van der Waals surface area contributed by atoms with Crippen molar-refractivity contribution < 1.29 is 18.8 Å². The molecule has 0 atom stereocenters. The second-order valence-electron chi connectivity index (χ2n) is 5.48. The second-order valence-corrected chi connectivity index (χ2v) is 5.48. The summed E-state index contributed by atoms with van der Waals surface area (Å²) in [6.45, 7) is -0.212. The van der Waals surface area contributed by atoms with Crippen molar-refractivity contribution in [3.8, 4) is 0 Å². The molecule has 0 radical (unpaired) electrons. The summed E-state index contributed by atoms with van der Waals surface area (Å²) in [6, 6.07) is 18.6. The molecule has 0 saturated carbocycles. The average Bonchev–Trinajstić information content (AvgIpc) is 3.21. The maximum Gasteiger partial charge on any atom is 0.287 e. The first kappa shape index (κ1) is 17.2. The van der Waals surface area contributed by atoms with Crippen LogP contribution in [0.1, 0.15) is 26.5 Å². The lowest BCUT2D eigenvalue weighted by Crippen LogP contribution is -2.32. The zero-order valence-electron chi connectivity index (χ0n) is 13.8. The van der Waals surface area contributed by atoms with E-state index in [1.54, 1.807) is 54.6 Å². The molecule has 6 heteroatoms. The molecule has 0 aliphatic heterocycles. The molecule has 0 saturated heterocycles. The topological polar surface area (TPSA) is 88.4 Å². The van der Waals surface area contributed by atoms with E-state index in [1.807, 2.05) is 6.07 Å². The fourth-order valence-corrected chi connectivity index (χ4v) is 2.35. The van der Waals surface area contributed by atoms with E-state index in [-0.39, 0.29) is 18.1 Å². The molecule has 0 unspecified atom stereocenters. The van der Waals surface area contributed by atoms with E-state index in [2.05, 4.69) is 10.6 Å². The van der Waals surface area contributed by atoms with Crippen LogP contribution in [0.25, 0.3) is 0 Å². The highest BCUT2D eigenvalue weighted by molar-refractivity contribution is 6.09. The van der Waals surface area contributed by atoms with Crippen LogP contribution in [0.4, 0.5) is 5.69 Å². The number of hydrogen-bond donors (Lipinski definition) is 2. The minimum Gasteiger partial charge on any atom is -0.459 e. The van der Waals surface area contributed by atoms with Crippen molar-refractivity contribution in [2.24, 2.45) is 0 Å². The van der Waals surface area contributed by atoms with Gasteiger partial charge in [0.1, 0.15) is 0 Å². The fourth-order valence-electron chi connectivity index (χ4n) is 2.35. The van der Waals surface area contributed by atoms with Gasteiger partial charge >= 0.3 is 0 Å². The molecule has 6 nitrogen and oxygen atoms in total. The van der Waals surface area contributed by atoms with Gasteiger partial charge in [-0.05, 0) is 24.3 Å². The quantitative estimate of drug-likeness (QED) is 0.671. The van der Waals surface area contributed by atoms with E-state index >= 15 is 0 Å². The summed E-state index contributed by atoms with van der Waals surface area (Å²) in [6.07, 6.45) is 1.38. The smallest absolute Gasteiger partial charge is 0.287 e. The van der Waals surface area contributed by atoms with Gasteiger partial charge in [-0.3, -0.25) is 14.4 Å². The Morgan fingerprint density at radius 3 is 2.35 bits per heavy atom. The van der Waals surface area contributed by atoms with Gasteiger partial charge in [-0.25, -0.2) is 0 Å². The van der Waals surface area contributed by atoms with Crippen LogP contribution < -0.4 is 10.6 Å². The molecule has 2 aromatic carbocycles. The molecule has 0 aliphatic rings. The Bertz CT molecular complexity index is 918. The Morgan fingerprint density at radius 2 is 1.62 bits per heavy atom. The number of ketones is 1. The summed E-state index contributed by atoms with van der Waals surface area (Å²) in [7, 11) is 0. The molecular weight excluding hydrogens is 332 g/mol. The van der Waals surface area contributed by atoms with E-state index in [0.717, 1.165) is 0 Å². The Kier molecular flexibility index (Phi) is 5.24. The van der Waals surface area contributed by atoms with Gasteiger partial charge in [0.05, 0.1) is 12.8 Å². The third kappa shape index (κ3) is 4.24. The molecule has 2 N–H and O–H groups in total. The SMILES string of the molecule is O=C(CNC(=O)c1ccco1)Nc1cccc(C(=O)c2ccccc2)c1. The maximum absolute atomic E-state index is 12.5. The Morgan fingerprint density at radius 1 is 0.846 bits per heavy atom. The summed E-state index contributed by atoms with van der Waals surface area (Å²) in [5.74, 6) is -0.881. The Hall–Kier alpha value is -3.67. The third-order valence-corrected chi connectivity index (χ3v) is 3.60. The molecule has 0 aliphatic carbocycles. The highest BCUT2D eigenvalue weighted by Gasteiger charge is 2.12. The number of furan rings is 1. The first-order valence-corrected chi connectivity index (χ1v) is 7.95. The van der Waals surface area contributed by atoms with Crippen LogP contribution in [0.15, 0.2) is 77.4 Å². The first-order chi connectivity index (χ1) is 12.6. The predicted octanol–water partition coefficient (Wildman–Crippen LogP) is 2.88. The van der Waals surface area contributed by atoms with Gasteiger partial charge in [-0.2, -0.15) is 0 Å². The van der Waals surface area contributed by atoms with Crippen LogP contribution in [0.3, 0.4) is 0 Å². The van der Waals surface area contributed by atoms with E-state index in [9.17, 15) is 14.4 Å². The zero-order chi connectivity index (χ0) is 18.4. The lowest BCUT2D eigenvalue weighted by molar-refractivity contribution is -0.115. The number of amides is 2. The van der Waals surface area contributed by atoms with Gasteiger partial charge < -0.3 is 15.1 Å². The van der Waals surface area contributed by atoms with Gasteiger partial charge in [0.15, 0.2) is 11.5 Å². The lowest BCUT2D eigenvalue weighted by Gasteiger charge is -2.08. The average molecular weight is 348 g/mol. The van der Waals surface area contributed by atoms with Gasteiger partial charge in [-0.15, -0.1) is 0 Å². The fraction of sp³-hybridized carbons (Fsp3) is 0.0500. The molecule has 3 aromatic rings. The Balaban J connectivity index is 1.60. The van der Waals surface area contributed by atoms with Gasteiger partial charge in [0.25, 0.3) is 5.91 Å². The highest BCUT2D eigenvalue weighted by atomic mass is 16.3. The summed E-state index contributed by atoms with van der Waals surface area (Å²) < 4.78 is 4.95. The minimum atomic E-state index is -0.474. The number of hydrogen-bond acceptors (Lipinski definition) is 4.